The lowest BCUT2D eigenvalue weighted by Crippen LogP contribution is -2.49. The Kier molecular flexibility index (Phi) is 11.5. The van der Waals surface area contributed by atoms with Crippen LogP contribution in [0.4, 0.5) is 11.4 Å². The summed E-state index contributed by atoms with van der Waals surface area (Å²) in [5.74, 6) is 0. The Hall–Kier alpha value is -1.44. The van der Waals surface area contributed by atoms with E-state index >= 15 is 0 Å². The summed E-state index contributed by atoms with van der Waals surface area (Å²) in [6.07, 6.45) is 2.42. The Morgan fingerprint density at radius 2 is 1.08 bits per heavy atom. The third kappa shape index (κ3) is 9.64. The summed E-state index contributed by atoms with van der Waals surface area (Å²) in [5.41, 5.74) is 16.5. The van der Waals surface area contributed by atoms with Crippen LogP contribution >= 0.6 is 0 Å². The van der Waals surface area contributed by atoms with E-state index in [2.05, 4.69) is 25.3 Å². The fraction of sp³-hybridized carbons (Fsp3) is 0.500. The van der Waals surface area contributed by atoms with E-state index in [1.165, 1.54) is 12.8 Å². The third-order valence-corrected chi connectivity index (χ3v) is 4.17. The molecule has 0 saturated carbocycles. The number of hydrogen-bond acceptors (Lipinski definition) is 8. The summed E-state index contributed by atoms with van der Waals surface area (Å²) < 4.78 is 64.0. The molecule has 0 radical (unpaired) electrons. The van der Waals surface area contributed by atoms with Gasteiger partial charge in [-0.15, -0.1) is 0 Å². The van der Waals surface area contributed by atoms with Crippen molar-refractivity contribution >= 4 is 31.6 Å². The summed E-state index contributed by atoms with van der Waals surface area (Å²) in [4.78, 5) is -1.98. The molecular formula is C12H26N4O6S2. The van der Waals surface area contributed by atoms with E-state index in [0.29, 0.717) is 6.07 Å². The van der Waals surface area contributed by atoms with Gasteiger partial charge in [0.25, 0.3) is 0 Å². The molecule has 0 heterocycles. The van der Waals surface area contributed by atoms with Crippen molar-refractivity contribution in [2.75, 3.05) is 24.6 Å². The Balaban J connectivity index is 0. The van der Waals surface area contributed by atoms with Crippen molar-refractivity contribution in [3.8, 4) is 0 Å². The molecule has 0 aromatic heterocycles. The summed E-state index contributed by atoms with van der Waals surface area (Å²) in [5, 5.41) is 0. The van der Waals surface area contributed by atoms with Gasteiger partial charge in [0, 0.05) is 0 Å². The summed E-state index contributed by atoms with van der Waals surface area (Å²) in [6, 6.07) is 1.09. The average molecular weight is 386 g/mol. The molecule has 0 unspecified atom stereocenters. The van der Waals surface area contributed by atoms with Crippen molar-refractivity contribution in [1.82, 2.24) is 0 Å². The van der Waals surface area contributed by atoms with Gasteiger partial charge in [-0.05, 0) is 25.0 Å². The van der Waals surface area contributed by atoms with Gasteiger partial charge < -0.3 is 32.0 Å². The molecule has 0 atom stereocenters. The van der Waals surface area contributed by atoms with Crippen LogP contribution in [0.5, 0.6) is 0 Å². The summed E-state index contributed by atoms with van der Waals surface area (Å²) in [7, 11) is -9.93. The number of nitrogen functional groups attached to an aromatic ring is 2. The third-order valence-electron chi connectivity index (χ3n) is 2.39. The first kappa shape index (κ1) is 24.8. The van der Waals surface area contributed by atoms with Gasteiger partial charge in [0.1, 0.15) is 20.2 Å². The fourth-order valence-corrected chi connectivity index (χ4v) is 2.32. The second kappa shape index (κ2) is 11.2. The number of nitrogens with two attached hydrogens (primary N) is 2. The normalized spacial score (nSPS) is 10.9. The molecule has 12 heteroatoms. The monoisotopic (exact) mass is 386 g/mol. The molecule has 10 N–H and O–H groups in total. The Morgan fingerprint density at radius 1 is 0.833 bits per heavy atom. The van der Waals surface area contributed by atoms with Crippen LogP contribution in [0.15, 0.2) is 21.9 Å². The van der Waals surface area contributed by atoms with Gasteiger partial charge in [0.05, 0.1) is 34.3 Å². The Morgan fingerprint density at radius 3 is 1.25 bits per heavy atom. The molecule has 0 fully saturated rings. The molecule has 0 bridgehead atoms. The molecule has 0 aliphatic rings. The van der Waals surface area contributed by atoms with Crippen LogP contribution in [-0.2, 0) is 20.2 Å². The van der Waals surface area contributed by atoms with Crippen LogP contribution in [-0.4, -0.2) is 39.0 Å². The van der Waals surface area contributed by atoms with E-state index in [9.17, 15) is 25.9 Å². The lowest BCUT2D eigenvalue weighted by atomic mass is 10.3. The molecule has 0 aliphatic carbocycles. The predicted molar refractivity (Wildman–Crippen MR) is 87.3 cm³/mol. The molecule has 0 aliphatic heterocycles. The number of rotatable bonds is 4. The van der Waals surface area contributed by atoms with E-state index in [-0.39, 0.29) is 0 Å². The van der Waals surface area contributed by atoms with Gasteiger partial charge >= 0.3 is 0 Å². The maximum Gasteiger partial charge on any atom is 0.126 e. The van der Waals surface area contributed by atoms with Crippen LogP contribution in [0, 0.1) is 0 Å². The fourth-order valence-electron chi connectivity index (χ4n) is 1.03. The standard InChI is InChI=1S/C6H8N2O6S2.2C3H9N/c7-3-1-4(8)6(16(12,13)14)2-5(3)15(9,10)11;2*1-2-3-4/h1-2H,7-8H2,(H,9,10,11)(H,12,13,14);2*2-4H2,1H3. The van der Waals surface area contributed by atoms with Crippen LogP contribution in [0.25, 0.3) is 0 Å². The van der Waals surface area contributed by atoms with Gasteiger partial charge in [-0.3, -0.25) is 0 Å². The highest BCUT2D eigenvalue weighted by Gasteiger charge is 2.14. The highest BCUT2D eigenvalue weighted by atomic mass is 32.2. The molecule has 0 saturated heterocycles. The predicted octanol–water partition coefficient (Wildman–Crippen LogP) is -2.06. The zero-order valence-electron chi connectivity index (χ0n) is 13.8. The molecule has 10 nitrogen and oxygen atoms in total. The second-order valence-electron chi connectivity index (χ2n) is 4.54. The first-order chi connectivity index (χ1) is 10.9. The van der Waals surface area contributed by atoms with E-state index in [4.69, 9.17) is 11.5 Å². The molecule has 1 rings (SSSR count). The first-order valence-electron chi connectivity index (χ1n) is 7.05. The second-order valence-corrected chi connectivity index (χ2v) is 7.24. The smallest absolute Gasteiger partial charge is 0.126 e. The zero-order chi connectivity index (χ0) is 19.6. The van der Waals surface area contributed by atoms with Crippen molar-refractivity contribution in [2.45, 2.75) is 36.5 Å². The van der Waals surface area contributed by atoms with Gasteiger partial charge in [-0.1, -0.05) is 13.8 Å². The van der Waals surface area contributed by atoms with Crippen LogP contribution in [0.2, 0.25) is 0 Å². The Labute approximate surface area is 142 Å². The van der Waals surface area contributed by atoms with E-state index < -0.39 is 41.4 Å². The molecule has 1 aromatic carbocycles. The van der Waals surface area contributed by atoms with Gasteiger partial charge in [0.15, 0.2) is 0 Å². The molecule has 0 spiro atoms. The first-order valence-corrected chi connectivity index (χ1v) is 9.87. The zero-order valence-corrected chi connectivity index (χ0v) is 15.5. The van der Waals surface area contributed by atoms with Gasteiger partial charge in [-0.25, -0.2) is 16.8 Å². The van der Waals surface area contributed by atoms with Gasteiger partial charge in [-0.2, -0.15) is 0 Å². The van der Waals surface area contributed by atoms with Crippen LogP contribution in [0.3, 0.4) is 0 Å². The van der Waals surface area contributed by atoms with Crippen LogP contribution in [0.1, 0.15) is 26.7 Å². The molecular weight excluding hydrogens is 360 g/mol. The summed E-state index contributed by atoms with van der Waals surface area (Å²) in [6.45, 7) is 6.38. The molecule has 142 valence electrons. The van der Waals surface area contributed by atoms with Crippen molar-refractivity contribution in [2.24, 2.45) is 0 Å². The highest BCUT2D eigenvalue weighted by Crippen LogP contribution is 2.27. The maximum absolute atomic E-state index is 10.7. The largest absolute Gasteiger partial charge is 0.744 e. The van der Waals surface area contributed by atoms with Crippen molar-refractivity contribution < 1.29 is 37.4 Å². The van der Waals surface area contributed by atoms with Gasteiger partial charge in [0.2, 0.25) is 0 Å². The average Bonchev–Trinajstić information content (AvgIpc) is 2.45. The van der Waals surface area contributed by atoms with E-state index in [1.807, 2.05) is 0 Å². The van der Waals surface area contributed by atoms with Crippen molar-refractivity contribution in [3.05, 3.63) is 12.1 Å². The highest BCUT2D eigenvalue weighted by molar-refractivity contribution is 7.86. The maximum atomic E-state index is 10.7. The molecule has 1 aromatic rings. The lowest BCUT2D eigenvalue weighted by Gasteiger charge is -2.15. The minimum atomic E-state index is -4.97. The SMILES string of the molecule is CCC[NH3+].CCC[NH3+].Nc1cc(N)c(S(=O)(=O)[O-])cc1S(=O)(=O)[O-]. The minimum Gasteiger partial charge on any atom is -0.744 e. The van der Waals surface area contributed by atoms with E-state index in [0.717, 1.165) is 19.2 Å². The summed E-state index contributed by atoms with van der Waals surface area (Å²) >= 11 is 0. The Bertz CT molecular complexity index is 643. The molecule has 0 amide bonds. The number of benzene rings is 1. The topological polar surface area (TPSA) is 222 Å². The number of hydrogen-bond donors (Lipinski definition) is 4. The number of quaternary nitrogens is 2. The van der Waals surface area contributed by atoms with Crippen LogP contribution < -0.4 is 22.9 Å². The lowest BCUT2D eigenvalue weighted by molar-refractivity contribution is -0.367. The van der Waals surface area contributed by atoms with Crippen molar-refractivity contribution in [3.63, 3.8) is 0 Å². The number of anilines is 2. The quantitative estimate of drug-likeness (QED) is 0.331. The van der Waals surface area contributed by atoms with E-state index in [1.54, 1.807) is 0 Å². The minimum absolute atomic E-state index is 0.356. The molecule has 24 heavy (non-hydrogen) atoms. The van der Waals surface area contributed by atoms with Crippen molar-refractivity contribution in [1.29, 1.82) is 0 Å².